The molecule has 5 nitrogen and oxygen atoms in total. The first-order valence-corrected chi connectivity index (χ1v) is 5.92. The van der Waals surface area contributed by atoms with Gasteiger partial charge in [0.2, 0.25) is 0 Å². The van der Waals surface area contributed by atoms with Gasteiger partial charge in [0.1, 0.15) is 0 Å². The molecular formula is C13H13N3O2. The van der Waals surface area contributed by atoms with E-state index in [4.69, 9.17) is 0 Å². The molecule has 18 heavy (non-hydrogen) atoms. The molecule has 0 saturated heterocycles. The van der Waals surface area contributed by atoms with Crippen LogP contribution in [-0.2, 0) is 6.42 Å². The molecule has 0 saturated carbocycles. The number of fused-ring (bicyclic) bond motifs is 1. The predicted octanol–water partition coefficient (Wildman–Crippen LogP) is 1.93. The van der Waals surface area contributed by atoms with E-state index in [2.05, 4.69) is 10.4 Å². The smallest absolute Gasteiger partial charge is 0.358 e. The number of benzene rings is 1. The molecule has 1 aliphatic heterocycles. The molecule has 0 spiro atoms. The van der Waals surface area contributed by atoms with Gasteiger partial charge in [-0.25, -0.2) is 9.48 Å². The van der Waals surface area contributed by atoms with Gasteiger partial charge in [-0.05, 0) is 25.0 Å². The summed E-state index contributed by atoms with van der Waals surface area (Å²) in [5, 5.41) is 16.5. The Morgan fingerprint density at radius 2 is 2.11 bits per heavy atom. The molecule has 0 radical (unpaired) electrons. The van der Waals surface area contributed by atoms with Crippen LogP contribution in [0.3, 0.4) is 0 Å². The van der Waals surface area contributed by atoms with Crippen molar-refractivity contribution in [2.45, 2.75) is 12.8 Å². The maximum atomic E-state index is 11.2. The first kappa shape index (κ1) is 10.8. The molecule has 0 fully saturated rings. The molecule has 1 aliphatic rings. The normalized spacial score (nSPS) is 13.8. The van der Waals surface area contributed by atoms with Gasteiger partial charge in [-0.2, -0.15) is 5.10 Å². The summed E-state index contributed by atoms with van der Waals surface area (Å²) in [5.41, 5.74) is 2.61. The summed E-state index contributed by atoms with van der Waals surface area (Å²) >= 11 is 0. The fraction of sp³-hybridized carbons (Fsp3) is 0.231. The number of rotatable bonds is 2. The monoisotopic (exact) mass is 243 g/mol. The number of carboxylic acid groups (broad SMARTS) is 1. The highest BCUT2D eigenvalue weighted by molar-refractivity contribution is 5.93. The Hall–Kier alpha value is -2.30. The lowest BCUT2D eigenvalue weighted by atomic mass is 10.1. The summed E-state index contributed by atoms with van der Waals surface area (Å²) in [6.45, 7) is 0.799. The quantitative estimate of drug-likeness (QED) is 0.845. The van der Waals surface area contributed by atoms with E-state index in [1.807, 2.05) is 30.3 Å². The first-order valence-electron chi connectivity index (χ1n) is 5.92. The van der Waals surface area contributed by atoms with Crippen LogP contribution < -0.4 is 5.32 Å². The Morgan fingerprint density at radius 1 is 1.33 bits per heavy atom. The average Bonchev–Trinajstić information content (AvgIpc) is 2.79. The van der Waals surface area contributed by atoms with Gasteiger partial charge in [-0.3, -0.25) is 0 Å². The molecule has 5 heteroatoms. The van der Waals surface area contributed by atoms with E-state index in [0.29, 0.717) is 5.69 Å². The molecular weight excluding hydrogens is 230 g/mol. The molecule has 3 rings (SSSR count). The second kappa shape index (κ2) is 4.18. The average molecular weight is 243 g/mol. The van der Waals surface area contributed by atoms with Crippen molar-refractivity contribution < 1.29 is 9.90 Å². The van der Waals surface area contributed by atoms with Crippen molar-refractivity contribution in [2.24, 2.45) is 0 Å². The molecule has 1 aromatic carbocycles. The number of carboxylic acids is 1. The zero-order chi connectivity index (χ0) is 12.5. The Morgan fingerprint density at radius 3 is 2.83 bits per heavy atom. The van der Waals surface area contributed by atoms with Crippen LogP contribution in [0.2, 0.25) is 0 Å². The molecule has 0 amide bonds. The number of anilines is 1. The minimum Gasteiger partial charge on any atom is -0.476 e. The maximum absolute atomic E-state index is 11.2. The minimum absolute atomic E-state index is 0.105. The molecule has 92 valence electrons. The SMILES string of the molecule is O=C(O)c1nn(-c2ccccc2)c2c1NCCC2. The standard InChI is InChI=1S/C13H13N3O2/c17-13(18)12-11-10(7-4-8-14-11)16(15-12)9-5-2-1-3-6-9/h1-3,5-6,14H,4,7-8H2,(H,17,18). The zero-order valence-corrected chi connectivity index (χ0v) is 9.76. The molecule has 2 heterocycles. The zero-order valence-electron chi connectivity index (χ0n) is 9.76. The van der Waals surface area contributed by atoms with Crippen molar-refractivity contribution >= 4 is 11.7 Å². The number of hydrogen-bond acceptors (Lipinski definition) is 3. The van der Waals surface area contributed by atoms with Crippen molar-refractivity contribution in [3.05, 3.63) is 41.7 Å². The van der Waals surface area contributed by atoms with E-state index in [1.165, 1.54) is 0 Å². The van der Waals surface area contributed by atoms with Gasteiger partial charge in [-0.1, -0.05) is 18.2 Å². The predicted molar refractivity (Wildman–Crippen MR) is 67.3 cm³/mol. The summed E-state index contributed by atoms with van der Waals surface area (Å²) < 4.78 is 1.73. The van der Waals surface area contributed by atoms with E-state index in [0.717, 1.165) is 30.8 Å². The van der Waals surface area contributed by atoms with Crippen LogP contribution in [0.5, 0.6) is 0 Å². The molecule has 0 bridgehead atoms. The third-order valence-corrected chi connectivity index (χ3v) is 3.08. The summed E-state index contributed by atoms with van der Waals surface area (Å²) in [4.78, 5) is 11.2. The molecule has 0 aliphatic carbocycles. The third-order valence-electron chi connectivity index (χ3n) is 3.08. The topological polar surface area (TPSA) is 67.1 Å². The molecule has 2 N–H and O–H groups in total. The van der Waals surface area contributed by atoms with E-state index >= 15 is 0 Å². The van der Waals surface area contributed by atoms with E-state index < -0.39 is 5.97 Å². The Kier molecular flexibility index (Phi) is 2.51. The fourth-order valence-electron chi connectivity index (χ4n) is 2.27. The number of nitrogens with one attached hydrogen (secondary N) is 1. The Balaban J connectivity index is 2.18. The van der Waals surface area contributed by atoms with Crippen LogP contribution >= 0.6 is 0 Å². The summed E-state index contributed by atoms with van der Waals surface area (Å²) in [5.74, 6) is -0.990. The number of para-hydroxylation sites is 1. The third kappa shape index (κ3) is 1.64. The molecule has 0 unspecified atom stereocenters. The van der Waals surface area contributed by atoms with Crippen molar-refractivity contribution in [2.75, 3.05) is 11.9 Å². The van der Waals surface area contributed by atoms with Crippen molar-refractivity contribution in [1.29, 1.82) is 0 Å². The van der Waals surface area contributed by atoms with Crippen molar-refractivity contribution in [1.82, 2.24) is 9.78 Å². The minimum atomic E-state index is -0.990. The van der Waals surface area contributed by atoms with Gasteiger partial charge < -0.3 is 10.4 Å². The van der Waals surface area contributed by atoms with E-state index in [9.17, 15) is 9.90 Å². The highest BCUT2D eigenvalue weighted by Gasteiger charge is 2.25. The van der Waals surface area contributed by atoms with E-state index in [-0.39, 0.29) is 5.69 Å². The van der Waals surface area contributed by atoms with E-state index in [1.54, 1.807) is 4.68 Å². The second-order valence-electron chi connectivity index (χ2n) is 4.25. The van der Waals surface area contributed by atoms with Crippen LogP contribution in [0.15, 0.2) is 30.3 Å². The van der Waals surface area contributed by atoms with Crippen molar-refractivity contribution in [3.63, 3.8) is 0 Å². The number of nitrogens with zero attached hydrogens (tertiary/aromatic N) is 2. The molecule has 2 aromatic rings. The van der Waals surface area contributed by atoms with Crippen LogP contribution in [0.4, 0.5) is 5.69 Å². The number of aromatic nitrogens is 2. The van der Waals surface area contributed by atoms with Crippen LogP contribution in [0, 0.1) is 0 Å². The van der Waals surface area contributed by atoms with Crippen LogP contribution in [0.25, 0.3) is 5.69 Å². The van der Waals surface area contributed by atoms with Crippen LogP contribution in [-0.4, -0.2) is 27.4 Å². The number of hydrogen-bond donors (Lipinski definition) is 2. The summed E-state index contributed by atoms with van der Waals surface area (Å²) in [6, 6.07) is 9.61. The maximum Gasteiger partial charge on any atom is 0.358 e. The van der Waals surface area contributed by atoms with Gasteiger partial charge in [0.15, 0.2) is 5.69 Å². The Labute approximate surface area is 104 Å². The Bertz CT molecular complexity index is 590. The first-order chi connectivity index (χ1) is 8.77. The lowest BCUT2D eigenvalue weighted by Crippen LogP contribution is -2.14. The largest absolute Gasteiger partial charge is 0.476 e. The fourth-order valence-corrected chi connectivity index (χ4v) is 2.27. The molecule has 1 aromatic heterocycles. The highest BCUT2D eigenvalue weighted by atomic mass is 16.4. The van der Waals surface area contributed by atoms with Gasteiger partial charge in [-0.15, -0.1) is 0 Å². The summed E-state index contributed by atoms with van der Waals surface area (Å²) in [6.07, 6.45) is 1.84. The lowest BCUT2D eigenvalue weighted by Gasteiger charge is -2.15. The molecule has 0 atom stereocenters. The van der Waals surface area contributed by atoms with Gasteiger partial charge in [0.25, 0.3) is 0 Å². The summed E-state index contributed by atoms with van der Waals surface area (Å²) in [7, 11) is 0. The van der Waals surface area contributed by atoms with Crippen LogP contribution in [0.1, 0.15) is 22.6 Å². The number of carbonyl (C=O) groups is 1. The lowest BCUT2D eigenvalue weighted by molar-refractivity contribution is 0.0691. The van der Waals surface area contributed by atoms with Gasteiger partial charge in [0.05, 0.1) is 17.1 Å². The van der Waals surface area contributed by atoms with Crippen molar-refractivity contribution in [3.8, 4) is 5.69 Å². The second-order valence-corrected chi connectivity index (χ2v) is 4.25. The number of aromatic carboxylic acids is 1. The van der Waals surface area contributed by atoms with Gasteiger partial charge in [0, 0.05) is 6.54 Å². The highest BCUT2D eigenvalue weighted by Crippen LogP contribution is 2.28. The van der Waals surface area contributed by atoms with Gasteiger partial charge >= 0.3 is 5.97 Å².